The minimum Gasteiger partial charge on any atom is -0.478 e. The summed E-state index contributed by atoms with van der Waals surface area (Å²) in [6, 6.07) is 41.9. The van der Waals surface area contributed by atoms with Crippen LogP contribution in [0, 0.1) is 0 Å². The fraction of sp³-hybridized carbons (Fsp3) is 0.354. The average molecular weight is 1370 g/mol. The van der Waals surface area contributed by atoms with Crippen molar-refractivity contribution < 1.29 is 46.2 Å². The first-order valence-electron chi connectivity index (χ1n) is 35.0. The number of benzene rings is 6. The molecule has 512 valence electrons. The number of fused-ring (bicyclic) bond motifs is 15. The van der Waals surface area contributed by atoms with Crippen molar-refractivity contribution in [2.24, 2.45) is 7.05 Å². The number of aryl methyl sites for hydroxylation is 5. The zero-order valence-electron chi connectivity index (χ0n) is 56.3. The molecule has 3 saturated carbocycles. The Kier molecular flexibility index (Phi) is 18.7. The predicted octanol–water partition coefficient (Wildman–Crippen LogP) is 15.5. The van der Waals surface area contributed by atoms with E-state index in [1.165, 1.54) is 176 Å². The van der Waals surface area contributed by atoms with E-state index in [4.69, 9.17) is 0 Å². The summed E-state index contributed by atoms with van der Waals surface area (Å²) < 4.78 is 63.5. The number of hydrogen-bond donors (Lipinski definition) is 4. The van der Waals surface area contributed by atoms with Gasteiger partial charge in [0.15, 0.2) is 5.03 Å². The Morgan fingerprint density at radius 3 is 1.37 bits per heavy atom. The molecule has 0 spiro atoms. The van der Waals surface area contributed by atoms with Crippen molar-refractivity contribution >= 4 is 82.8 Å². The molecule has 4 aromatic heterocycles. The van der Waals surface area contributed by atoms with Crippen LogP contribution < -0.4 is 9.44 Å². The van der Waals surface area contributed by atoms with Crippen LogP contribution in [-0.4, -0.2) is 92.5 Å². The maximum Gasteiger partial charge on any atom is 0.335 e. The molecule has 18 nitrogen and oxygen atoms in total. The number of amides is 2. The summed E-state index contributed by atoms with van der Waals surface area (Å²) >= 11 is 0. The van der Waals surface area contributed by atoms with Crippen LogP contribution in [0.2, 0.25) is 0 Å². The van der Waals surface area contributed by atoms with Gasteiger partial charge in [-0.3, -0.25) is 9.59 Å². The van der Waals surface area contributed by atoms with Crippen molar-refractivity contribution in [1.29, 1.82) is 0 Å². The second kappa shape index (κ2) is 27.7. The highest BCUT2D eigenvalue weighted by atomic mass is 32.2. The quantitative estimate of drug-likeness (QED) is 0.0950. The van der Waals surface area contributed by atoms with E-state index >= 15 is 0 Å². The minimum atomic E-state index is -4.05. The van der Waals surface area contributed by atoms with Crippen LogP contribution in [0.4, 0.5) is 0 Å². The Hall–Kier alpha value is -9.37. The molecule has 20 heteroatoms. The number of carboxylic acid groups (broad SMARTS) is 2. The van der Waals surface area contributed by atoms with E-state index in [1.54, 1.807) is 37.4 Å². The summed E-state index contributed by atoms with van der Waals surface area (Å²) in [6.07, 6.45) is 26.8. The molecule has 16 rings (SSSR count). The SMILES string of the molecule is CN(C)S(=O)(=O)NC(=O)c1ccc2c(C3CCCCC3)c3n(c2c1)CCCc1ccccc1-3.Cn1cnc(S(=O)(=O)NC(=O)c2ccc3c(C4CCCCC4)c4n(c3c2)CCCc2ccccc2-4)c1.O=C(O)C1=Cc2ccccc2-c2c(C3CCCCC3)c3ccc(C(=O)O)cc3n2C1. The number of carboxylic acids is 2. The summed E-state index contributed by atoms with van der Waals surface area (Å²) in [4.78, 5) is 53.4. The molecule has 3 aliphatic carbocycles. The molecule has 6 aromatic carbocycles. The summed E-state index contributed by atoms with van der Waals surface area (Å²) in [6.45, 7) is 1.96. The van der Waals surface area contributed by atoms with Gasteiger partial charge in [-0.15, -0.1) is 0 Å². The van der Waals surface area contributed by atoms with Gasteiger partial charge >= 0.3 is 22.1 Å². The average Bonchev–Trinajstić information content (AvgIpc) is 1.60. The van der Waals surface area contributed by atoms with Crippen LogP contribution in [-0.2, 0) is 64.6 Å². The molecule has 10 aromatic rings. The molecule has 7 heterocycles. The third-order valence-electron chi connectivity index (χ3n) is 21.4. The molecule has 0 saturated heterocycles. The van der Waals surface area contributed by atoms with Crippen LogP contribution in [0.1, 0.15) is 191 Å². The summed E-state index contributed by atoms with van der Waals surface area (Å²) in [5, 5.41) is 22.6. The Balaban J connectivity index is 0.000000127. The van der Waals surface area contributed by atoms with Crippen molar-refractivity contribution in [3.63, 3.8) is 0 Å². The van der Waals surface area contributed by atoms with Crippen molar-refractivity contribution in [2.75, 3.05) is 14.1 Å². The number of carbonyl (C=O) groups is 4. The third kappa shape index (κ3) is 13.1. The Bertz CT molecular complexity index is 5110. The number of imidazole rings is 1. The zero-order chi connectivity index (χ0) is 68.9. The highest BCUT2D eigenvalue weighted by Gasteiger charge is 2.34. The van der Waals surface area contributed by atoms with E-state index < -0.39 is 44.0 Å². The van der Waals surface area contributed by atoms with Gasteiger partial charge in [-0.2, -0.15) is 21.1 Å². The molecule has 3 fully saturated rings. The van der Waals surface area contributed by atoms with Crippen LogP contribution in [0.3, 0.4) is 0 Å². The lowest BCUT2D eigenvalue weighted by Crippen LogP contribution is -2.39. The van der Waals surface area contributed by atoms with Crippen LogP contribution in [0.5, 0.6) is 0 Å². The maximum atomic E-state index is 13.1. The van der Waals surface area contributed by atoms with Crippen molar-refractivity contribution in [3.05, 3.63) is 196 Å². The van der Waals surface area contributed by atoms with Crippen LogP contribution in [0.15, 0.2) is 151 Å². The van der Waals surface area contributed by atoms with E-state index in [9.17, 15) is 46.2 Å². The van der Waals surface area contributed by atoms with Crippen molar-refractivity contribution in [1.82, 2.24) is 37.0 Å². The number of hydrogen-bond acceptors (Lipinski definition) is 9. The zero-order valence-corrected chi connectivity index (χ0v) is 57.9. The van der Waals surface area contributed by atoms with Crippen LogP contribution in [0.25, 0.3) is 72.6 Å². The second-order valence-electron chi connectivity index (χ2n) is 27.8. The number of aliphatic carboxylic acids is 1. The fourth-order valence-electron chi connectivity index (χ4n) is 16.7. The molecule has 2 amide bonds. The highest BCUT2D eigenvalue weighted by Crippen LogP contribution is 2.50. The molecule has 0 unspecified atom stereocenters. The van der Waals surface area contributed by atoms with Gasteiger partial charge in [-0.25, -0.2) is 24.0 Å². The van der Waals surface area contributed by atoms with Gasteiger partial charge in [0, 0.05) is 101 Å². The van der Waals surface area contributed by atoms with Gasteiger partial charge in [0.05, 0.1) is 41.1 Å². The molecule has 99 heavy (non-hydrogen) atoms. The molecular formula is C79H84N8O10S2. The molecule has 6 aliphatic rings. The highest BCUT2D eigenvalue weighted by molar-refractivity contribution is 7.90. The largest absolute Gasteiger partial charge is 0.478 e. The Labute approximate surface area is 577 Å². The van der Waals surface area contributed by atoms with E-state index in [-0.39, 0.29) is 17.1 Å². The number of sulfonamides is 1. The number of rotatable bonds is 11. The second-order valence-corrected chi connectivity index (χ2v) is 31.3. The van der Waals surface area contributed by atoms with E-state index in [1.807, 2.05) is 59.2 Å². The van der Waals surface area contributed by atoms with Crippen LogP contribution >= 0.6 is 0 Å². The van der Waals surface area contributed by atoms with Crippen molar-refractivity contribution in [3.8, 4) is 33.8 Å². The van der Waals surface area contributed by atoms with Gasteiger partial charge in [0.2, 0.25) is 0 Å². The predicted molar refractivity (Wildman–Crippen MR) is 387 cm³/mol. The van der Waals surface area contributed by atoms with E-state index in [0.717, 1.165) is 94.7 Å². The monoisotopic (exact) mass is 1370 g/mol. The lowest BCUT2D eigenvalue weighted by atomic mass is 9.81. The molecule has 0 bridgehead atoms. The lowest BCUT2D eigenvalue weighted by Gasteiger charge is -2.24. The van der Waals surface area contributed by atoms with Gasteiger partial charge in [-0.05, 0) is 158 Å². The Morgan fingerprint density at radius 2 is 0.919 bits per heavy atom. The number of aromatic nitrogens is 5. The number of aromatic carboxylic acids is 1. The van der Waals surface area contributed by atoms with Crippen molar-refractivity contribution in [2.45, 2.75) is 164 Å². The summed E-state index contributed by atoms with van der Waals surface area (Å²) in [5.41, 5.74) is 19.0. The molecule has 0 atom stereocenters. The van der Waals surface area contributed by atoms with E-state index in [0.29, 0.717) is 34.5 Å². The molecular weight excluding hydrogens is 1290 g/mol. The normalized spacial score (nSPS) is 16.6. The topological polar surface area (TPSA) is 237 Å². The summed E-state index contributed by atoms with van der Waals surface area (Å²) in [5.74, 6) is -1.78. The first-order chi connectivity index (χ1) is 47.8. The van der Waals surface area contributed by atoms with Gasteiger partial charge < -0.3 is 28.5 Å². The first-order valence-corrected chi connectivity index (χ1v) is 38.0. The van der Waals surface area contributed by atoms with Gasteiger partial charge in [-0.1, -0.05) is 149 Å². The number of nitrogens with zero attached hydrogens (tertiary/aromatic N) is 6. The summed E-state index contributed by atoms with van der Waals surface area (Å²) in [7, 11) is -3.41. The van der Waals surface area contributed by atoms with Gasteiger partial charge in [0.25, 0.3) is 21.8 Å². The standard InChI is InChI=1S/C28H30N4O3S.C26H31N3O3S.C25H23NO4/c1-31-17-25(29-18-31)36(34,35)30-28(33)21-13-14-23-24(16-21)32-15-7-11-19-8-5-6-12-22(19)27(32)26(23)20-9-3-2-4-10-20;1-28(2)33(31,32)27-26(30)20-14-15-22-23(17-20)29-16-8-12-18-9-6-7-13-21(18)25(29)24(22)19-10-4-3-5-11-19;27-24(28)17-10-11-20-21(13-17)26-14-18(25(29)30)12-16-8-4-5-9-19(16)23(26)22(20)15-6-2-1-3-7-15/h5-6,8,12-14,16-18,20H,2-4,7,9-11,15H2,1H3,(H,30,33);6-7,9,13-15,17,19H,3-5,8,10-12,16H2,1-2H3,(H,27,30);4-5,8-13,15H,1-3,6-7,14H2,(H,27,28)(H,29,30). The number of nitrogens with one attached hydrogen (secondary N) is 2. The lowest BCUT2D eigenvalue weighted by molar-refractivity contribution is -0.132. The molecule has 3 aliphatic heterocycles. The van der Waals surface area contributed by atoms with E-state index in [2.05, 4.69) is 72.1 Å². The third-order valence-corrected chi connectivity index (χ3v) is 24.0. The first kappa shape index (κ1) is 66.8. The number of carbonyl (C=O) groups excluding carboxylic acids is 2. The fourth-order valence-corrected chi connectivity index (χ4v) is 18.1. The Morgan fingerprint density at radius 1 is 0.495 bits per heavy atom. The maximum absolute atomic E-state index is 13.1. The molecule has 0 radical (unpaired) electrons. The minimum absolute atomic E-state index is 0.174. The smallest absolute Gasteiger partial charge is 0.335 e. The molecule has 4 N–H and O–H groups in total. The van der Waals surface area contributed by atoms with Gasteiger partial charge in [0.1, 0.15) is 0 Å².